The predicted octanol–water partition coefficient (Wildman–Crippen LogP) is 2.44. The highest BCUT2D eigenvalue weighted by Gasteiger charge is 2.23. The van der Waals surface area contributed by atoms with Crippen LogP contribution in [0.2, 0.25) is 0 Å². The number of nitrogens with zero attached hydrogens (tertiary/aromatic N) is 10. The average molecular weight is 1100 g/mol. The van der Waals surface area contributed by atoms with E-state index in [1.54, 1.807) is 43.2 Å². The third-order valence-corrected chi connectivity index (χ3v) is 12.6. The number of fused-ring (bicyclic) bond motifs is 1. The fraction of sp³-hybridized carbons (Fsp3) is 0.583. The van der Waals surface area contributed by atoms with Gasteiger partial charge in [0.05, 0.1) is 54.7 Å². The minimum absolute atomic E-state index is 0.0161. The van der Waals surface area contributed by atoms with Crippen molar-refractivity contribution in [2.45, 2.75) is 96.2 Å². The van der Waals surface area contributed by atoms with Crippen molar-refractivity contribution < 1.29 is 48.1 Å². The Morgan fingerprint density at radius 1 is 0.811 bits per heavy atom. The number of pyridine rings is 1. The summed E-state index contributed by atoms with van der Waals surface area (Å²) in [6.07, 6.45) is 5.34. The van der Waals surface area contributed by atoms with E-state index in [1.807, 2.05) is 18.0 Å². The number of nitrogens with two attached hydrogens (primary N) is 1. The molecule has 5 amide bonds. The highest BCUT2D eigenvalue weighted by atomic mass is 79.9. The quantitative estimate of drug-likeness (QED) is 0.0373. The van der Waals surface area contributed by atoms with Gasteiger partial charge in [-0.05, 0) is 79.7 Å². The lowest BCUT2D eigenvalue weighted by Crippen LogP contribution is -2.45. The second-order valence-corrected chi connectivity index (χ2v) is 18.6. The number of ether oxygens (including phenoxy) is 3. The number of unbranched alkanes of at least 4 members (excludes halogenated alkanes) is 3. The number of anilines is 2. The van der Waals surface area contributed by atoms with Gasteiger partial charge in [-0.25, -0.2) is 9.78 Å². The van der Waals surface area contributed by atoms with Crippen molar-refractivity contribution in [2.75, 3.05) is 96.6 Å². The lowest BCUT2D eigenvalue weighted by molar-refractivity contribution is -0.122. The molecule has 74 heavy (non-hydrogen) atoms. The van der Waals surface area contributed by atoms with E-state index in [2.05, 4.69) is 67.4 Å². The summed E-state index contributed by atoms with van der Waals surface area (Å²) in [5.41, 5.74) is 6.93. The van der Waals surface area contributed by atoms with Gasteiger partial charge in [-0.3, -0.25) is 28.7 Å². The summed E-state index contributed by atoms with van der Waals surface area (Å²) in [6.45, 7) is 4.92. The maximum absolute atomic E-state index is 13.0. The van der Waals surface area contributed by atoms with Crippen LogP contribution in [0.15, 0.2) is 34.9 Å². The molecular formula is C48H70BrN15O10. The van der Waals surface area contributed by atoms with E-state index in [0.29, 0.717) is 105 Å². The Labute approximate surface area is 438 Å². The van der Waals surface area contributed by atoms with Gasteiger partial charge in [-0.15, -0.1) is 5.10 Å². The molecule has 7 N–H and O–H groups in total. The van der Waals surface area contributed by atoms with Crippen molar-refractivity contribution in [3.63, 3.8) is 0 Å². The number of Topliss-reactive ketones (excluding diaryl/α,β-unsaturated/α-hetero) is 1. The number of hydrogen-bond acceptors (Lipinski definition) is 19. The number of ketones is 1. The van der Waals surface area contributed by atoms with Gasteiger partial charge in [0.2, 0.25) is 35.5 Å². The van der Waals surface area contributed by atoms with Crippen molar-refractivity contribution in [3.8, 4) is 11.8 Å². The number of aryl methyl sites for hydroxylation is 1. The molecule has 4 aromatic rings. The van der Waals surface area contributed by atoms with E-state index < -0.39 is 18.1 Å². The van der Waals surface area contributed by atoms with Gasteiger partial charge < -0.3 is 61.0 Å². The minimum atomic E-state index is -0.783. The normalized spacial score (nSPS) is 13.0. The number of phenols is 1. The Morgan fingerprint density at radius 2 is 1.54 bits per heavy atom. The van der Waals surface area contributed by atoms with E-state index >= 15 is 0 Å². The molecule has 1 aliphatic heterocycles. The van der Waals surface area contributed by atoms with E-state index in [4.69, 9.17) is 24.9 Å². The number of carbonyl (C=O) groups excluding carboxylic acids is 6. The number of primary amides is 1. The zero-order valence-electron chi connectivity index (χ0n) is 42.5. The summed E-state index contributed by atoms with van der Waals surface area (Å²) in [7, 11) is 5.28. The van der Waals surface area contributed by atoms with Crippen LogP contribution in [0.4, 0.5) is 16.7 Å². The van der Waals surface area contributed by atoms with Crippen molar-refractivity contribution in [2.24, 2.45) is 5.73 Å². The molecule has 1 aromatic carbocycles. The topological polar surface area (TPSA) is 316 Å². The second-order valence-electron chi connectivity index (χ2n) is 17.8. The molecule has 1 aliphatic rings. The number of hydrogen-bond donors (Lipinski definition) is 6. The van der Waals surface area contributed by atoms with E-state index in [-0.39, 0.29) is 93.4 Å². The first-order chi connectivity index (χ1) is 35.7. The van der Waals surface area contributed by atoms with Crippen LogP contribution >= 0.6 is 15.9 Å². The van der Waals surface area contributed by atoms with Crippen LogP contribution < -0.4 is 41.5 Å². The van der Waals surface area contributed by atoms with Gasteiger partial charge in [-0.2, -0.15) is 15.0 Å². The molecule has 404 valence electrons. The van der Waals surface area contributed by atoms with Gasteiger partial charge in [0.15, 0.2) is 0 Å². The molecule has 1 fully saturated rings. The van der Waals surface area contributed by atoms with Crippen LogP contribution in [0.3, 0.4) is 0 Å². The molecule has 5 rings (SSSR count). The Hall–Kier alpha value is -6.80. The number of alkyl carbamates (subject to hydrolysis) is 1. The van der Waals surface area contributed by atoms with Crippen LogP contribution in [0.1, 0.15) is 94.5 Å². The van der Waals surface area contributed by atoms with Gasteiger partial charge >= 0.3 is 12.1 Å². The predicted molar refractivity (Wildman–Crippen MR) is 276 cm³/mol. The summed E-state index contributed by atoms with van der Waals surface area (Å²) >= 11 is 3.40. The molecule has 3 aromatic heterocycles. The molecule has 4 heterocycles. The molecule has 0 saturated carbocycles. The number of aromatic nitrogens is 7. The number of nitrogens with one attached hydrogen (secondary N) is 4. The Kier molecular flexibility index (Phi) is 24.4. The maximum Gasteiger partial charge on any atom is 0.407 e. The first-order valence-corrected chi connectivity index (χ1v) is 25.7. The standard InChI is InChI=1S/C48H70BrN15O10/c1-51-40(68)19-22-64-31-34(59-60-64)30-54-42(70)13-5-4-8-20-53-48(71)74-38(36-17-15-33-16-18-37(66)43(49)44(33)55-36)12-9-11-35(65)10-6-7-14-41(69)52-21-27-72-28-29-73-47-57-45(62(3)32-39(50)67)56-46(58-47)63-25-23-61(2)24-26-63/h15-18,31,38,66H,4-14,19-30,32H2,1-3H3,(H2,50,67)(H,51,68)(H,52,69)(H,53,71)(H,54,70). The molecule has 26 heteroatoms. The average Bonchev–Trinajstić information content (AvgIpc) is 3.85. The van der Waals surface area contributed by atoms with Crippen LogP contribution in [-0.4, -0.2) is 167 Å². The lowest BCUT2D eigenvalue weighted by atomic mass is 10.0. The minimum Gasteiger partial charge on any atom is -0.507 e. The second kappa shape index (κ2) is 31.1. The third-order valence-electron chi connectivity index (χ3n) is 11.8. The number of aromatic hydroxyl groups is 1. The summed E-state index contributed by atoms with van der Waals surface area (Å²) in [6, 6.07) is 6.97. The highest BCUT2D eigenvalue weighted by molar-refractivity contribution is 9.10. The Bertz CT molecular complexity index is 2470. The largest absolute Gasteiger partial charge is 0.507 e. The van der Waals surface area contributed by atoms with Crippen LogP contribution in [0, 0.1) is 0 Å². The van der Waals surface area contributed by atoms with Crippen molar-refractivity contribution >= 4 is 74.2 Å². The van der Waals surface area contributed by atoms with Crippen molar-refractivity contribution in [3.05, 3.63) is 46.3 Å². The number of benzene rings is 1. The molecule has 0 radical (unpaired) electrons. The molecule has 0 bridgehead atoms. The zero-order valence-corrected chi connectivity index (χ0v) is 44.1. The van der Waals surface area contributed by atoms with E-state index in [0.717, 1.165) is 31.6 Å². The molecule has 0 aliphatic carbocycles. The lowest BCUT2D eigenvalue weighted by Gasteiger charge is -2.32. The molecule has 1 saturated heterocycles. The smallest absolute Gasteiger partial charge is 0.407 e. The molecule has 25 nitrogen and oxygen atoms in total. The van der Waals surface area contributed by atoms with Crippen molar-refractivity contribution in [1.29, 1.82) is 0 Å². The fourth-order valence-electron chi connectivity index (χ4n) is 7.59. The summed E-state index contributed by atoms with van der Waals surface area (Å²) in [4.78, 5) is 97.6. The number of likely N-dealkylation sites (N-methyl/N-ethyl adjacent to an activating group) is 2. The number of amides is 5. The van der Waals surface area contributed by atoms with E-state index in [1.165, 1.54) is 4.90 Å². The van der Waals surface area contributed by atoms with Gasteiger partial charge in [0.1, 0.15) is 29.9 Å². The summed E-state index contributed by atoms with van der Waals surface area (Å²) in [5, 5.41) is 30.0. The highest BCUT2D eigenvalue weighted by Crippen LogP contribution is 2.33. The van der Waals surface area contributed by atoms with Gasteiger partial charge in [0, 0.05) is 90.9 Å². The number of halogens is 1. The van der Waals surface area contributed by atoms with Crippen LogP contribution in [0.5, 0.6) is 11.8 Å². The number of rotatable bonds is 33. The van der Waals surface area contributed by atoms with Crippen LogP contribution in [-0.2, 0) is 46.5 Å². The summed E-state index contributed by atoms with van der Waals surface area (Å²) in [5.74, 6) is -0.157. The molecule has 1 atom stereocenters. The van der Waals surface area contributed by atoms with Gasteiger partial charge in [0.25, 0.3) is 0 Å². The van der Waals surface area contributed by atoms with Gasteiger partial charge in [-0.1, -0.05) is 17.7 Å². The first-order valence-electron chi connectivity index (χ1n) is 24.9. The van der Waals surface area contributed by atoms with E-state index in [9.17, 15) is 33.9 Å². The maximum atomic E-state index is 13.0. The zero-order chi connectivity index (χ0) is 53.2. The number of carbonyl (C=O) groups is 6. The molecule has 1 unspecified atom stereocenters. The number of phenolic OH excluding ortho intramolecular Hbond substituents is 1. The van der Waals surface area contributed by atoms with Crippen molar-refractivity contribution in [1.82, 2.24) is 61.1 Å². The SMILES string of the molecule is CNC(=O)CCn1cc(CNC(=O)CCCCCNC(=O)OC(CCCC(=O)CCCCC(=O)NCCOCCOc2nc(N(C)CC(N)=O)nc(N3CCN(C)CC3)n2)c2ccc3ccc(O)c(Br)c3n2)nn1. The number of piperazine rings is 1. The summed E-state index contributed by atoms with van der Waals surface area (Å²) < 4.78 is 19.2. The first kappa shape index (κ1) is 58.1. The Balaban J connectivity index is 0.952. The molecule has 0 spiro atoms. The third kappa shape index (κ3) is 20.6. The monoisotopic (exact) mass is 1100 g/mol. The Morgan fingerprint density at radius 3 is 2.31 bits per heavy atom. The molecular weight excluding hydrogens is 1030 g/mol. The fourth-order valence-corrected chi connectivity index (χ4v) is 8.04. The van der Waals surface area contributed by atoms with Crippen LogP contribution in [0.25, 0.3) is 10.9 Å².